The van der Waals surface area contributed by atoms with Crippen molar-refractivity contribution < 1.29 is 4.39 Å². The van der Waals surface area contributed by atoms with Crippen LogP contribution in [0.1, 0.15) is 11.8 Å². The van der Waals surface area contributed by atoms with Gasteiger partial charge in [0.1, 0.15) is 10.8 Å². The number of nitrogen functional groups attached to an aromatic ring is 1. The van der Waals surface area contributed by atoms with Crippen molar-refractivity contribution in [2.45, 2.75) is 13.3 Å². The summed E-state index contributed by atoms with van der Waals surface area (Å²) < 4.78 is 14.1. The molecule has 0 atom stereocenters. The highest BCUT2D eigenvalue weighted by Crippen LogP contribution is 2.38. The number of fused-ring (bicyclic) bond motifs is 1. The summed E-state index contributed by atoms with van der Waals surface area (Å²) in [4.78, 5) is 5.70. The molecule has 2 heterocycles. The number of hydrogen-bond acceptors (Lipinski definition) is 4. The Bertz CT molecular complexity index is 715. The molecular weight excluding hydrogens is 267 g/mol. The minimum Gasteiger partial charge on any atom is -0.390 e. The van der Waals surface area contributed by atoms with Gasteiger partial charge in [-0.05, 0) is 24.6 Å². The van der Waals surface area contributed by atoms with Crippen LogP contribution in [0, 0.1) is 5.82 Å². The molecule has 0 bridgehead atoms. The van der Waals surface area contributed by atoms with E-state index in [1.807, 2.05) is 0 Å². The van der Waals surface area contributed by atoms with E-state index in [0.717, 1.165) is 26.7 Å². The Balaban J connectivity index is 2.15. The maximum Gasteiger partial charge on any atom is 0.127 e. The van der Waals surface area contributed by atoms with Crippen molar-refractivity contribution in [1.82, 2.24) is 4.98 Å². The second-order valence-electron chi connectivity index (χ2n) is 3.98. The Kier molecular flexibility index (Phi) is 2.80. The molecule has 0 aliphatic carbocycles. The van der Waals surface area contributed by atoms with Crippen LogP contribution in [0.25, 0.3) is 20.8 Å². The monoisotopic (exact) mass is 278 g/mol. The molecule has 0 aliphatic rings. The lowest BCUT2D eigenvalue weighted by Crippen LogP contribution is -1.82. The average molecular weight is 278 g/mol. The van der Waals surface area contributed by atoms with Gasteiger partial charge in [0.2, 0.25) is 0 Å². The van der Waals surface area contributed by atoms with Crippen LogP contribution in [0.2, 0.25) is 0 Å². The Morgan fingerprint density at radius 1 is 1.28 bits per heavy atom. The summed E-state index contributed by atoms with van der Waals surface area (Å²) >= 11 is 3.14. The summed E-state index contributed by atoms with van der Waals surface area (Å²) in [5.41, 5.74) is 7.68. The van der Waals surface area contributed by atoms with E-state index in [2.05, 4.69) is 18.0 Å². The molecule has 0 saturated carbocycles. The van der Waals surface area contributed by atoms with E-state index < -0.39 is 0 Å². The number of halogens is 1. The van der Waals surface area contributed by atoms with Gasteiger partial charge in [-0.2, -0.15) is 0 Å². The minimum atomic E-state index is -0.258. The number of thiazole rings is 1. The van der Waals surface area contributed by atoms with Gasteiger partial charge in [0.25, 0.3) is 0 Å². The molecule has 0 aliphatic heterocycles. The quantitative estimate of drug-likeness (QED) is 0.758. The third-order valence-electron chi connectivity index (χ3n) is 2.74. The van der Waals surface area contributed by atoms with E-state index in [1.54, 1.807) is 28.7 Å². The van der Waals surface area contributed by atoms with Crippen LogP contribution in [0.15, 0.2) is 24.3 Å². The second-order valence-corrected chi connectivity index (χ2v) is 6.17. The van der Waals surface area contributed by atoms with Crippen LogP contribution in [-0.4, -0.2) is 4.98 Å². The van der Waals surface area contributed by atoms with E-state index >= 15 is 0 Å². The lowest BCUT2D eigenvalue weighted by molar-refractivity contribution is 0.629. The standard InChI is InChI=1S/C13H11FN2S2/c1-2-8-6-9(12(15)17-8)13-16-10-5-7(14)3-4-11(10)18-13/h3-6H,2,15H2,1H3. The van der Waals surface area contributed by atoms with Crippen LogP contribution in [0.4, 0.5) is 9.39 Å². The Morgan fingerprint density at radius 3 is 2.83 bits per heavy atom. The molecule has 1 aromatic carbocycles. The molecule has 2 aromatic heterocycles. The van der Waals surface area contributed by atoms with Crippen LogP contribution in [0.3, 0.4) is 0 Å². The lowest BCUT2D eigenvalue weighted by Gasteiger charge is -1.91. The first-order chi connectivity index (χ1) is 8.67. The zero-order valence-electron chi connectivity index (χ0n) is 9.74. The minimum absolute atomic E-state index is 0.258. The van der Waals surface area contributed by atoms with Crippen LogP contribution in [-0.2, 0) is 6.42 Å². The first kappa shape index (κ1) is 11.6. The molecule has 0 spiro atoms. The SMILES string of the molecule is CCc1cc(-c2nc3cc(F)ccc3s2)c(N)s1. The molecule has 3 rings (SSSR count). The summed E-state index contributed by atoms with van der Waals surface area (Å²) in [5, 5.41) is 1.65. The Labute approximate surface area is 112 Å². The normalized spacial score (nSPS) is 11.2. The second kappa shape index (κ2) is 4.33. The van der Waals surface area contributed by atoms with Gasteiger partial charge in [0.05, 0.1) is 15.2 Å². The fourth-order valence-corrected chi connectivity index (χ4v) is 3.73. The summed E-state index contributed by atoms with van der Waals surface area (Å²) in [6.45, 7) is 2.10. The van der Waals surface area contributed by atoms with Crippen molar-refractivity contribution in [3.63, 3.8) is 0 Å². The number of hydrogen-bond donors (Lipinski definition) is 1. The highest BCUT2D eigenvalue weighted by molar-refractivity contribution is 7.22. The van der Waals surface area contributed by atoms with Crippen molar-refractivity contribution in [2.24, 2.45) is 0 Å². The van der Waals surface area contributed by atoms with Crippen molar-refractivity contribution >= 4 is 37.9 Å². The molecule has 2 N–H and O–H groups in total. The van der Waals surface area contributed by atoms with Gasteiger partial charge < -0.3 is 5.73 Å². The van der Waals surface area contributed by atoms with Gasteiger partial charge in [-0.15, -0.1) is 22.7 Å². The van der Waals surface area contributed by atoms with E-state index in [1.165, 1.54) is 17.0 Å². The fraction of sp³-hybridized carbons (Fsp3) is 0.154. The molecule has 0 saturated heterocycles. The van der Waals surface area contributed by atoms with Crippen LogP contribution < -0.4 is 5.73 Å². The number of anilines is 1. The molecular formula is C13H11FN2S2. The van der Waals surface area contributed by atoms with E-state index in [9.17, 15) is 4.39 Å². The zero-order valence-corrected chi connectivity index (χ0v) is 11.4. The number of aromatic nitrogens is 1. The maximum absolute atomic E-state index is 13.1. The van der Waals surface area contributed by atoms with Crippen LogP contribution >= 0.6 is 22.7 Å². The largest absolute Gasteiger partial charge is 0.390 e. The summed E-state index contributed by atoms with van der Waals surface area (Å²) in [7, 11) is 0. The number of benzene rings is 1. The summed E-state index contributed by atoms with van der Waals surface area (Å²) in [6.07, 6.45) is 0.967. The van der Waals surface area contributed by atoms with E-state index in [0.29, 0.717) is 5.52 Å². The van der Waals surface area contributed by atoms with Gasteiger partial charge >= 0.3 is 0 Å². The van der Waals surface area contributed by atoms with Gasteiger partial charge in [-0.25, -0.2) is 9.37 Å². The number of rotatable bonds is 2. The molecule has 3 aromatic rings. The van der Waals surface area contributed by atoms with Crippen molar-refractivity contribution in [2.75, 3.05) is 5.73 Å². The number of aryl methyl sites for hydroxylation is 1. The highest BCUT2D eigenvalue weighted by atomic mass is 32.1. The zero-order chi connectivity index (χ0) is 12.7. The third kappa shape index (κ3) is 1.89. The van der Waals surface area contributed by atoms with Crippen molar-refractivity contribution in [3.05, 3.63) is 35.0 Å². The Morgan fingerprint density at radius 2 is 2.11 bits per heavy atom. The number of thiophene rings is 1. The van der Waals surface area contributed by atoms with E-state index in [-0.39, 0.29) is 5.82 Å². The number of nitrogens with two attached hydrogens (primary N) is 1. The third-order valence-corrected chi connectivity index (χ3v) is 4.92. The molecule has 0 amide bonds. The summed E-state index contributed by atoms with van der Waals surface area (Å²) in [6, 6.07) is 6.75. The van der Waals surface area contributed by atoms with Crippen LogP contribution in [0.5, 0.6) is 0 Å². The van der Waals surface area contributed by atoms with Gasteiger partial charge in [0, 0.05) is 16.5 Å². The lowest BCUT2D eigenvalue weighted by atomic mass is 10.2. The van der Waals surface area contributed by atoms with Crippen molar-refractivity contribution in [1.29, 1.82) is 0 Å². The summed E-state index contributed by atoms with van der Waals surface area (Å²) in [5.74, 6) is -0.258. The van der Waals surface area contributed by atoms with E-state index in [4.69, 9.17) is 5.73 Å². The average Bonchev–Trinajstić information content (AvgIpc) is 2.91. The molecule has 0 fully saturated rings. The predicted molar refractivity (Wildman–Crippen MR) is 76.7 cm³/mol. The van der Waals surface area contributed by atoms with Gasteiger partial charge in [-0.1, -0.05) is 6.92 Å². The molecule has 5 heteroatoms. The molecule has 0 unspecified atom stereocenters. The molecule has 0 radical (unpaired) electrons. The predicted octanol–water partition coefficient (Wildman–Crippen LogP) is 4.31. The Hall–Kier alpha value is -1.46. The highest BCUT2D eigenvalue weighted by Gasteiger charge is 2.12. The molecule has 2 nitrogen and oxygen atoms in total. The first-order valence-electron chi connectivity index (χ1n) is 5.62. The maximum atomic E-state index is 13.1. The molecule has 18 heavy (non-hydrogen) atoms. The van der Waals surface area contributed by atoms with Gasteiger partial charge in [0.15, 0.2) is 0 Å². The van der Waals surface area contributed by atoms with Gasteiger partial charge in [-0.3, -0.25) is 0 Å². The topological polar surface area (TPSA) is 38.9 Å². The molecule has 92 valence electrons. The van der Waals surface area contributed by atoms with Crippen molar-refractivity contribution in [3.8, 4) is 10.6 Å². The first-order valence-corrected chi connectivity index (χ1v) is 7.25. The fourth-order valence-electron chi connectivity index (χ4n) is 1.81. The smallest absolute Gasteiger partial charge is 0.127 e. The number of nitrogens with zero attached hydrogens (tertiary/aromatic N) is 1.